The van der Waals surface area contributed by atoms with E-state index < -0.39 is 17.4 Å². The number of nitrogens with one attached hydrogen (secondary N) is 1. The minimum Gasteiger partial charge on any atom is -0.311 e. The van der Waals surface area contributed by atoms with E-state index in [1.165, 1.54) is 9.80 Å². The van der Waals surface area contributed by atoms with Crippen molar-refractivity contribution in [2.75, 3.05) is 14.1 Å². The van der Waals surface area contributed by atoms with Crippen LogP contribution in [0.1, 0.15) is 27.2 Å². The molecule has 0 aliphatic carbocycles. The highest BCUT2D eigenvalue weighted by molar-refractivity contribution is 6.00. The van der Waals surface area contributed by atoms with E-state index in [-0.39, 0.29) is 18.4 Å². The number of urea groups is 2. The second-order valence-electron chi connectivity index (χ2n) is 5.01. The predicted octanol–water partition coefficient (Wildman–Crippen LogP) is 0.378. The number of fused-ring (bicyclic) bond motifs is 1. The van der Waals surface area contributed by atoms with Crippen LogP contribution < -0.4 is 5.32 Å². The van der Waals surface area contributed by atoms with Crippen LogP contribution in [0.15, 0.2) is 0 Å². The first-order valence-corrected chi connectivity index (χ1v) is 5.88. The number of hydrogen-bond donors (Lipinski definition) is 1. The number of likely N-dealkylation sites (N-methyl/N-ethyl adjacent to an activating group) is 2. The fourth-order valence-corrected chi connectivity index (χ4v) is 2.80. The number of carbonyl (C=O) groups excluding carboxylic acids is 3. The summed E-state index contributed by atoms with van der Waals surface area (Å²) in [6.45, 7) is 5.16. The number of imide groups is 1. The van der Waals surface area contributed by atoms with Crippen LogP contribution >= 0.6 is 0 Å². The smallest absolute Gasteiger partial charge is 0.311 e. The molecular weight excluding hydrogens is 236 g/mol. The highest BCUT2D eigenvalue weighted by Gasteiger charge is 2.70. The zero-order valence-corrected chi connectivity index (χ0v) is 11.3. The highest BCUT2D eigenvalue weighted by Crippen LogP contribution is 2.44. The maximum absolute atomic E-state index is 12.2. The van der Waals surface area contributed by atoms with E-state index in [9.17, 15) is 14.4 Å². The topological polar surface area (TPSA) is 73.0 Å². The first-order valence-electron chi connectivity index (χ1n) is 5.88. The molecule has 2 saturated heterocycles. The van der Waals surface area contributed by atoms with Gasteiger partial charge in [0.1, 0.15) is 0 Å². The van der Waals surface area contributed by atoms with Crippen LogP contribution in [0.3, 0.4) is 0 Å². The second kappa shape index (κ2) is 3.37. The number of amides is 5. The summed E-state index contributed by atoms with van der Waals surface area (Å²) < 4.78 is 0. The van der Waals surface area contributed by atoms with Gasteiger partial charge in [-0.2, -0.15) is 0 Å². The summed E-state index contributed by atoms with van der Waals surface area (Å²) in [6, 6.07) is -0.688. The molecule has 2 fully saturated rings. The van der Waals surface area contributed by atoms with Crippen LogP contribution in [-0.2, 0) is 4.79 Å². The lowest BCUT2D eigenvalue weighted by Gasteiger charge is -2.40. The maximum Gasteiger partial charge on any atom is 0.330 e. The standard InChI is InChI=1S/C11H18N4O3/c1-6-7(16)15-9(18)14(5)11(3)10(15,2)12-8(17)13(11)4/h6H2,1-5H3,(H,12,17)/t10-,11+/m0/s1. The third-order valence-electron chi connectivity index (χ3n) is 4.36. The average Bonchev–Trinajstić information content (AvgIpc) is 2.58. The molecule has 0 radical (unpaired) electrons. The van der Waals surface area contributed by atoms with E-state index in [1.54, 1.807) is 34.9 Å². The van der Waals surface area contributed by atoms with Crippen molar-refractivity contribution in [3.05, 3.63) is 0 Å². The normalized spacial score (nSPS) is 35.1. The van der Waals surface area contributed by atoms with E-state index in [0.29, 0.717) is 0 Å². The molecule has 7 nitrogen and oxygen atoms in total. The van der Waals surface area contributed by atoms with Gasteiger partial charge in [-0.25, -0.2) is 14.5 Å². The quantitative estimate of drug-likeness (QED) is 0.735. The Morgan fingerprint density at radius 1 is 1.22 bits per heavy atom. The molecule has 0 spiro atoms. The zero-order chi connectivity index (χ0) is 13.9. The van der Waals surface area contributed by atoms with Crippen molar-refractivity contribution in [2.24, 2.45) is 0 Å². The first kappa shape index (κ1) is 12.7. The van der Waals surface area contributed by atoms with Gasteiger partial charge < -0.3 is 15.1 Å². The van der Waals surface area contributed by atoms with Crippen molar-refractivity contribution in [3.8, 4) is 0 Å². The molecular formula is C11H18N4O3. The van der Waals surface area contributed by atoms with E-state index in [0.717, 1.165) is 4.90 Å². The number of carbonyl (C=O) groups is 3. The number of rotatable bonds is 1. The monoisotopic (exact) mass is 254 g/mol. The number of hydrogen-bond acceptors (Lipinski definition) is 3. The lowest BCUT2D eigenvalue weighted by atomic mass is 9.97. The van der Waals surface area contributed by atoms with Crippen molar-refractivity contribution in [3.63, 3.8) is 0 Å². The molecule has 0 aromatic rings. The van der Waals surface area contributed by atoms with Crippen molar-refractivity contribution < 1.29 is 14.4 Å². The van der Waals surface area contributed by atoms with Gasteiger partial charge in [0.05, 0.1) is 0 Å². The third kappa shape index (κ3) is 1.07. The first-order chi connectivity index (χ1) is 8.21. The van der Waals surface area contributed by atoms with E-state index in [4.69, 9.17) is 0 Å². The van der Waals surface area contributed by atoms with Gasteiger partial charge in [-0.15, -0.1) is 0 Å². The molecule has 100 valence electrons. The van der Waals surface area contributed by atoms with Crippen LogP contribution in [0.25, 0.3) is 0 Å². The maximum atomic E-state index is 12.2. The Balaban J connectivity index is 2.59. The van der Waals surface area contributed by atoms with Crippen molar-refractivity contribution in [2.45, 2.75) is 38.5 Å². The van der Waals surface area contributed by atoms with Crippen LogP contribution in [0.2, 0.25) is 0 Å². The van der Waals surface area contributed by atoms with Gasteiger partial charge in [0.2, 0.25) is 5.91 Å². The summed E-state index contributed by atoms with van der Waals surface area (Å²) in [6.07, 6.45) is 0.213. The largest absolute Gasteiger partial charge is 0.330 e. The minimum absolute atomic E-state index is 0.213. The molecule has 2 heterocycles. The average molecular weight is 254 g/mol. The molecule has 18 heavy (non-hydrogen) atoms. The Morgan fingerprint density at radius 2 is 1.78 bits per heavy atom. The summed E-state index contributed by atoms with van der Waals surface area (Å²) in [7, 11) is 3.21. The van der Waals surface area contributed by atoms with Crippen LogP contribution in [-0.4, -0.2) is 58.1 Å². The Hall–Kier alpha value is -1.79. The van der Waals surface area contributed by atoms with Gasteiger partial charge in [0, 0.05) is 20.5 Å². The summed E-state index contributed by atoms with van der Waals surface area (Å²) >= 11 is 0. The number of nitrogens with zero attached hydrogens (tertiary/aromatic N) is 3. The fourth-order valence-electron chi connectivity index (χ4n) is 2.80. The molecule has 0 aromatic heterocycles. The summed E-state index contributed by atoms with van der Waals surface area (Å²) in [5.74, 6) is -0.298. The molecule has 0 saturated carbocycles. The molecule has 0 bridgehead atoms. The van der Waals surface area contributed by atoms with Gasteiger partial charge in [0.15, 0.2) is 11.3 Å². The van der Waals surface area contributed by atoms with Crippen molar-refractivity contribution in [1.82, 2.24) is 20.0 Å². The zero-order valence-electron chi connectivity index (χ0n) is 11.3. The SMILES string of the molecule is CCC(=O)N1C(=O)N(C)[C@@]2(C)N(C)C(=O)N[C@@]12C. The molecule has 0 aromatic carbocycles. The van der Waals surface area contributed by atoms with Crippen LogP contribution in [0.5, 0.6) is 0 Å². The van der Waals surface area contributed by atoms with E-state index >= 15 is 0 Å². The summed E-state index contributed by atoms with van der Waals surface area (Å²) in [5, 5.41) is 2.74. The molecule has 2 aliphatic rings. The Morgan fingerprint density at radius 3 is 2.28 bits per heavy atom. The van der Waals surface area contributed by atoms with Gasteiger partial charge >= 0.3 is 12.1 Å². The molecule has 2 atom stereocenters. The second-order valence-corrected chi connectivity index (χ2v) is 5.01. The Kier molecular flexibility index (Phi) is 2.37. The lowest BCUT2D eigenvalue weighted by Crippen LogP contribution is -2.64. The molecule has 1 N–H and O–H groups in total. The predicted molar refractivity (Wildman–Crippen MR) is 63.4 cm³/mol. The molecule has 2 aliphatic heterocycles. The fraction of sp³-hybridized carbons (Fsp3) is 0.727. The van der Waals surface area contributed by atoms with Gasteiger partial charge in [0.25, 0.3) is 0 Å². The van der Waals surface area contributed by atoms with E-state index in [2.05, 4.69) is 5.32 Å². The third-order valence-corrected chi connectivity index (χ3v) is 4.36. The van der Waals surface area contributed by atoms with E-state index in [1.807, 2.05) is 0 Å². The molecule has 2 rings (SSSR count). The molecule has 7 heteroatoms. The van der Waals surface area contributed by atoms with Gasteiger partial charge in [-0.1, -0.05) is 6.92 Å². The lowest BCUT2D eigenvalue weighted by molar-refractivity contribution is -0.133. The summed E-state index contributed by atoms with van der Waals surface area (Å²) in [4.78, 5) is 40.1. The van der Waals surface area contributed by atoms with Gasteiger partial charge in [-0.05, 0) is 13.8 Å². The highest BCUT2D eigenvalue weighted by atomic mass is 16.2. The van der Waals surface area contributed by atoms with Crippen LogP contribution in [0, 0.1) is 0 Å². The van der Waals surface area contributed by atoms with Crippen molar-refractivity contribution in [1.29, 1.82) is 0 Å². The van der Waals surface area contributed by atoms with Crippen LogP contribution in [0.4, 0.5) is 9.59 Å². The Labute approximate surface area is 106 Å². The summed E-state index contributed by atoms with van der Waals surface area (Å²) in [5.41, 5.74) is -1.93. The minimum atomic E-state index is -1.04. The Bertz CT molecular complexity index is 452. The van der Waals surface area contributed by atoms with Crippen molar-refractivity contribution >= 4 is 18.0 Å². The molecule has 5 amide bonds. The van der Waals surface area contributed by atoms with Gasteiger partial charge in [-0.3, -0.25) is 4.79 Å². The molecule has 0 unspecified atom stereocenters.